The normalized spacial score (nSPS) is 12.4. The number of carbonyl (C=O) groups is 1. The van der Waals surface area contributed by atoms with Crippen molar-refractivity contribution in [3.63, 3.8) is 0 Å². The van der Waals surface area contributed by atoms with Gasteiger partial charge < -0.3 is 5.32 Å². The third-order valence-electron chi connectivity index (χ3n) is 5.74. The smallest absolute Gasteiger partial charge is 0.264 e. The van der Waals surface area contributed by atoms with E-state index in [1.54, 1.807) is 42.5 Å². The van der Waals surface area contributed by atoms with Gasteiger partial charge in [0.25, 0.3) is 10.0 Å². The Morgan fingerprint density at radius 1 is 0.909 bits per heavy atom. The zero-order valence-corrected chi connectivity index (χ0v) is 20.7. The fourth-order valence-corrected chi connectivity index (χ4v) is 5.31. The van der Waals surface area contributed by atoms with E-state index in [-0.39, 0.29) is 23.4 Å². The third-order valence-corrected chi connectivity index (χ3v) is 7.52. The van der Waals surface area contributed by atoms with Crippen molar-refractivity contribution in [2.24, 2.45) is 0 Å². The number of anilines is 1. The summed E-state index contributed by atoms with van der Waals surface area (Å²) in [5.41, 5.74) is 4.80. The van der Waals surface area contributed by atoms with Crippen LogP contribution in [0.2, 0.25) is 0 Å². The molecule has 0 saturated heterocycles. The molecule has 0 bridgehead atoms. The van der Waals surface area contributed by atoms with Crippen LogP contribution in [0, 0.1) is 13.8 Å². The molecular weight excluding hydrogens is 432 g/mol. The molecule has 174 valence electrons. The molecule has 3 aromatic rings. The number of carbonyl (C=O) groups excluding carboxylic acids is 1. The van der Waals surface area contributed by atoms with Crippen molar-refractivity contribution in [3.8, 4) is 0 Å². The molecule has 0 saturated carbocycles. The van der Waals surface area contributed by atoms with Gasteiger partial charge in [-0.25, -0.2) is 8.42 Å². The first-order chi connectivity index (χ1) is 15.6. The van der Waals surface area contributed by atoms with E-state index < -0.39 is 10.0 Å². The fourth-order valence-electron chi connectivity index (χ4n) is 3.87. The number of rotatable bonds is 8. The number of benzene rings is 3. The van der Waals surface area contributed by atoms with Crippen LogP contribution in [-0.2, 0) is 14.8 Å². The second-order valence-electron chi connectivity index (χ2n) is 8.72. The van der Waals surface area contributed by atoms with Gasteiger partial charge in [0.15, 0.2) is 0 Å². The second kappa shape index (κ2) is 10.2. The minimum absolute atomic E-state index is 0.146. The molecule has 1 N–H and O–H groups in total. The molecule has 3 aromatic carbocycles. The van der Waals surface area contributed by atoms with Crippen molar-refractivity contribution < 1.29 is 13.2 Å². The van der Waals surface area contributed by atoms with Gasteiger partial charge in [0, 0.05) is 0 Å². The Morgan fingerprint density at radius 3 is 2.12 bits per heavy atom. The maximum absolute atomic E-state index is 13.5. The van der Waals surface area contributed by atoms with Gasteiger partial charge in [0.2, 0.25) is 5.91 Å². The van der Waals surface area contributed by atoms with E-state index in [0.717, 1.165) is 22.3 Å². The summed E-state index contributed by atoms with van der Waals surface area (Å²) in [4.78, 5) is 13.2. The van der Waals surface area contributed by atoms with Crippen LogP contribution in [0.25, 0.3) is 0 Å². The molecule has 33 heavy (non-hydrogen) atoms. The highest BCUT2D eigenvalue weighted by atomic mass is 32.2. The van der Waals surface area contributed by atoms with Crippen molar-refractivity contribution in [2.45, 2.75) is 51.5 Å². The van der Waals surface area contributed by atoms with E-state index in [1.807, 2.05) is 45.0 Å². The number of aryl methyl sites for hydroxylation is 2. The summed E-state index contributed by atoms with van der Waals surface area (Å²) < 4.78 is 28.1. The van der Waals surface area contributed by atoms with Gasteiger partial charge in [0.1, 0.15) is 6.54 Å². The molecule has 1 amide bonds. The van der Waals surface area contributed by atoms with Crippen molar-refractivity contribution in [1.29, 1.82) is 0 Å². The summed E-state index contributed by atoms with van der Waals surface area (Å²) in [6.07, 6.45) is 0. The molecule has 0 fully saturated rings. The minimum Gasteiger partial charge on any atom is -0.348 e. The predicted molar refractivity (Wildman–Crippen MR) is 134 cm³/mol. The Hall–Kier alpha value is -3.12. The molecule has 0 spiro atoms. The van der Waals surface area contributed by atoms with E-state index in [0.29, 0.717) is 11.6 Å². The highest BCUT2D eigenvalue weighted by Crippen LogP contribution is 2.26. The fraction of sp³-hybridized carbons (Fsp3) is 0.296. The zero-order valence-electron chi connectivity index (χ0n) is 19.9. The van der Waals surface area contributed by atoms with E-state index in [1.165, 1.54) is 4.31 Å². The maximum Gasteiger partial charge on any atom is 0.264 e. The van der Waals surface area contributed by atoms with E-state index in [2.05, 4.69) is 25.2 Å². The van der Waals surface area contributed by atoms with E-state index in [9.17, 15) is 13.2 Å². The van der Waals surface area contributed by atoms with Gasteiger partial charge in [-0.15, -0.1) is 0 Å². The molecule has 0 aliphatic heterocycles. The Morgan fingerprint density at radius 2 is 1.55 bits per heavy atom. The molecule has 0 heterocycles. The topological polar surface area (TPSA) is 66.5 Å². The number of nitrogens with one attached hydrogen (secondary N) is 1. The van der Waals surface area contributed by atoms with Gasteiger partial charge in [-0.1, -0.05) is 67.9 Å². The molecule has 3 rings (SSSR count). The molecule has 5 nitrogen and oxygen atoms in total. The lowest BCUT2D eigenvalue weighted by molar-refractivity contribution is -0.120. The summed E-state index contributed by atoms with van der Waals surface area (Å²) in [5, 5.41) is 2.96. The van der Waals surface area contributed by atoms with E-state index >= 15 is 0 Å². The lowest BCUT2D eigenvalue weighted by Crippen LogP contribution is -2.41. The number of sulfonamides is 1. The van der Waals surface area contributed by atoms with Gasteiger partial charge >= 0.3 is 0 Å². The Bertz CT molecular complexity index is 1200. The summed E-state index contributed by atoms with van der Waals surface area (Å²) in [6.45, 7) is 9.78. The van der Waals surface area contributed by atoms with Crippen LogP contribution >= 0.6 is 0 Å². The zero-order chi connectivity index (χ0) is 24.2. The van der Waals surface area contributed by atoms with Crippen molar-refractivity contribution in [1.82, 2.24) is 5.32 Å². The Labute approximate surface area is 197 Å². The first kappa shape index (κ1) is 24.5. The van der Waals surface area contributed by atoms with Crippen LogP contribution in [0.15, 0.2) is 77.7 Å². The summed E-state index contributed by atoms with van der Waals surface area (Å²) in [5.74, 6) is -0.0463. The van der Waals surface area contributed by atoms with Crippen molar-refractivity contribution in [2.75, 3.05) is 10.8 Å². The predicted octanol–water partition coefficient (Wildman–Crippen LogP) is 5.50. The van der Waals surface area contributed by atoms with Gasteiger partial charge in [-0.3, -0.25) is 9.10 Å². The Balaban J connectivity index is 1.90. The monoisotopic (exact) mass is 464 g/mol. The molecule has 0 aliphatic carbocycles. The standard InChI is InChI=1S/C27H32N2O3S/c1-19(2)23-12-14-24(15-13-23)29(33(31,32)25-9-7-6-8-10-25)18-27(30)28-22(5)26-16-11-20(3)17-21(26)4/h6-17,19,22H,18H2,1-5H3,(H,28,30)/t22-/m1/s1. The summed E-state index contributed by atoms with van der Waals surface area (Å²) in [6, 6.07) is 21.4. The SMILES string of the molecule is Cc1ccc([C@@H](C)NC(=O)CN(c2ccc(C(C)C)cc2)S(=O)(=O)c2ccccc2)c(C)c1. The van der Waals surface area contributed by atoms with Crippen LogP contribution in [0.4, 0.5) is 5.69 Å². The van der Waals surface area contributed by atoms with Crippen LogP contribution in [-0.4, -0.2) is 20.9 Å². The third kappa shape index (κ3) is 5.82. The van der Waals surface area contributed by atoms with Gasteiger partial charge in [-0.2, -0.15) is 0 Å². The molecule has 6 heteroatoms. The first-order valence-corrected chi connectivity index (χ1v) is 12.6. The van der Waals surface area contributed by atoms with Crippen LogP contribution < -0.4 is 9.62 Å². The highest BCUT2D eigenvalue weighted by Gasteiger charge is 2.27. The van der Waals surface area contributed by atoms with Crippen molar-refractivity contribution >= 4 is 21.6 Å². The van der Waals surface area contributed by atoms with Crippen LogP contribution in [0.5, 0.6) is 0 Å². The van der Waals surface area contributed by atoms with E-state index in [4.69, 9.17) is 0 Å². The molecule has 0 aromatic heterocycles. The van der Waals surface area contributed by atoms with Gasteiger partial charge in [0.05, 0.1) is 16.6 Å². The first-order valence-electron chi connectivity index (χ1n) is 11.1. The quantitative estimate of drug-likeness (QED) is 0.479. The number of nitrogens with zero attached hydrogens (tertiary/aromatic N) is 1. The number of hydrogen-bond acceptors (Lipinski definition) is 3. The van der Waals surface area contributed by atoms with Gasteiger partial charge in [-0.05, 0) is 67.6 Å². The molecular formula is C27H32N2O3S. The summed E-state index contributed by atoms with van der Waals surface area (Å²) >= 11 is 0. The molecule has 0 radical (unpaired) electrons. The lowest BCUT2D eigenvalue weighted by atomic mass is 10.0. The number of hydrogen-bond donors (Lipinski definition) is 1. The average Bonchev–Trinajstić information content (AvgIpc) is 2.78. The summed E-state index contributed by atoms with van der Waals surface area (Å²) in [7, 11) is -3.92. The average molecular weight is 465 g/mol. The molecule has 0 unspecified atom stereocenters. The Kier molecular flexibility index (Phi) is 7.59. The lowest BCUT2D eigenvalue weighted by Gasteiger charge is -2.26. The molecule has 0 aliphatic rings. The van der Waals surface area contributed by atoms with Crippen LogP contribution in [0.1, 0.15) is 55.0 Å². The minimum atomic E-state index is -3.92. The highest BCUT2D eigenvalue weighted by molar-refractivity contribution is 7.92. The maximum atomic E-state index is 13.5. The molecule has 1 atom stereocenters. The van der Waals surface area contributed by atoms with Crippen molar-refractivity contribution in [3.05, 3.63) is 95.1 Å². The largest absolute Gasteiger partial charge is 0.348 e. The second-order valence-corrected chi connectivity index (χ2v) is 10.6. The number of amides is 1. The van der Waals surface area contributed by atoms with Crippen LogP contribution in [0.3, 0.4) is 0 Å².